The first-order valence-electron chi connectivity index (χ1n) is 6.76. The van der Waals surface area contributed by atoms with Crippen LogP contribution in [0, 0.1) is 6.92 Å². The van der Waals surface area contributed by atoms with Crippen LogP contribution in [0.1, 0.15) is 28.4 Å². The van der Waals surface area contributed by atoms with Crippen molar-refractivity contribution in [3.05, 3.63) is 65.2 Å². The maximum atomic E-state index is 12.1. The van der Waals surface area contributed by atoms with Crippen LogP contribution in [0.3, 0.4) is 0 Å². The number of anilines is 1. The number of carbonyl (C=O) groups excluding carboxylic acids is 2. The summed E-state index contributed by atoms with van der Waals surface area (Å²) in [4.78, 5) is 23.0. The zero-order chi connectivity index (χ0) is 15.2. The van der Waals surface area contributed by atoms with Gasteiger partial charge >= 0.3 is 0 Å². The molecule has 2 amide bonds. The molecule has 4 heteroatoms. The molecule has 0 saturated heterocycles. The molecule has 0 aliphatic heterocycles. The lowest BCUT2D eigenvalue weighted by Crippen LogP contribution is -2.19. The first kappa shape index (κ1) is 14.8. The van der Waals surface area contributed by atoms with Crippen LogP contribution in [0.15, 0.2) is 48.5 Å². The number of nitrogens with one attached hydrogen (secondary N) is 2. The Morgan fingerprint density at radius 2 is 1.76 bits per heavy atom. The van der Waals surface area contributed by atoms with Crippen molar-refractivity contribution >= 4 is 17.5 Å². The van der Waals surface area contributed by atoms with Crippen molar-refractivity contribution in [2.75, 3.05) is 5.32 Å². The van der Waals surface area contributed by atoms with Gasteiger partial charge in [-0.15, -0.1) is 0 Å². The molecule has 0 radical (unpaired) electrons. The largest absolute Gasteiger partial charge is 0.352 e. The number of carbonyl (C=O) groups is 2. The molecule has 0 aromatic heterocycles. The fraction of sp³-hybridized carbons (Fsp3) is 0.176. The van der Waals surface area contributed by atoms with Gasteiger partial charge in [0.05, 0.1) is 0 Å². The molecule has 108 valence electrons. The van der Waals surface area contributed by atoms with Gasteiger partial charge in [0.2, 0.25) is 5.91 Å². The normalized spacial score (nSPS) is 10.0. The van der Waals surface area contributed by atoms with Gasteiger partial charge in [0.25, 0.3) is 5.91 Å². The van der Waals surface area contributed by atoms with Crippen LogP contribution in [-0.2, 0) is 11.3 Å². The van der Waals surface area contributed by atoms with Gasteiger partial charge in [-0.2, -0.15) is 0 Å². The number of aryl methyl sites for hydroxylation is 1. The topological polar surface area (TPSA) is 58.2 Å². The molecule has 0 fully saturated rings. The van der Waals surface area contributed by atoms with E-state index in [1.54, 1.807) is 12.1 Å². The molecule has 4 nitrogen and oxygen atoms in total. The molecule has 2 aromatic carbocycles. The number of hydrogen-bond donors (Lipinski definition) is 2. The minimum Gasteiger partial charge on any atom is -0.352 e. The maximum Gasteiger partial charge on any atom is 0.255 e. The van der Waals surface area contributed by atoms with Crippen molar-refractivity contribution in [2.24, 2.45) is 0 Å². The van der Waals surface area contributed by atoms with Crippen molar-refractivity contribution in [1.29, 1.82) is 0 Å². The van der Waals surface area contributed by atoms with Gasteiger partial charge < -0.3 is 10.6 Å². The van der Waals surface area contributed by atoms with Crippen LogP contribution in [0.2, 0.25) is 0 Å². The molecule has 0 spiro atoms. The molecule has 0 atom stereocenters. The van der Waals surface area contributed by atoms with Gasteiger partial charge in [0.1, 0.15) is 0 Å². The molecule has 0 heterocycles. The van der Waals surface area contributed by atoms with Gasteiger partial charge in [-0.25, -0.2) is 0 Å². The highest BCUT2D eigenvalue weighted by atomic mass is 16.2. The van der Waals surface area contributed by atoms with E-state index in [4.69, 9.17) is 0 Å². The lowest BCUT2D eigenvalue weighted by Gasteiger charge is -2.07. The van der Waals surface area contributed by atoms with E-state index in [1.165, 1.54) is 6.92 Å². The molecule has 2 rings (SSSR count). The number of rotatable bonds is 4. The SMILES string of the molecule is CC(=O)NCc1ccc(C(=O)Nc2cccc(C)c2)cc1. The second-order valence-corrected chi connectivity index (χ2v) is 4.93. The van der Waals surface area contributed by atoms with Crippen molar-refractivity contribution in [1.82, 2.24) is 5.32 Å². The number of amides is 2. The van der Waals surface area contributed by atoms with E-state index in [9.17, 15) is 9.59 Å². The molecule has 0 aliphatic rings. The number of hydrogen-bond acceptors (Lipinski definition) is 2. The smallest absolute Gasteiger partial charge is 0.255 e. The van der Waals surface area contributed by atoms with Crippen molar-refractivity contribution < 1.29 is 9.59 Å². The second kappa shape index (κ2) is 6.70. The quantitative estimate of drug-likeness (QED) is 0.906. The highest BCUT2D eigenvalue weighted by molar-refractivity contribution is 6.04. The summed E-state index contributed by atoms with van der Waals surface area (Å²) >= 11 is 0. The third kappa shape index (κ3) is 4.45. The predicted molar refractivity (Wildman–Crippen MR) is 83.1 cm³/mol. The van der Waals surface area contributed by atoms with Crippen molar-refractivity contribution in [3.8, 4) is 0 Å². The van der Waals surface area contributed by atoms with E-state index in [1.807, 2.05) is 43.3 Å². The van der Waals surface area contributed by atoms with Crippen LogP contribution in [0.5, 0.6) is 0 Å². The molecule has 0 aliphatic carbocycles. The zero-order valence-corrected chi connectivity index (χ0v) is 12.1. The molecule has 0 unspecified atom stereocenters. The van der Waals surface area contributed by atoms with E-state index in [0.29, 0.717) is 12.1 Å². The second-order valence-electron chi connectivity index (χ2n) is 4.93. The van der Waals surface area contributed by atoms with Crippen LogP contribution in [-0.4, -0.2) is 11.8 Å². The van der Waals surface area contributed by atoms with Crippen LogP contribution in [0.4, 0.5) is 5.69 Å². The van der Waals surface area contributed by atoms with Crippen LogP contribution in [0.25, 0.3) is 0 Å². The Balaban J connectivity index is 2.01. The van der Waals surface area contributed by atoms with E-state index < -0.39 is 0 Å². The summed E-state index contributed by atoms with van der Waals surface area (Å²) in [5.41, 5.74) is 3.42. The molecular weight excluding hydrogens is 264 g/mol. The Morgan fingerprint density at radius 3 is 2.38 bits per heavy atom. The van der Waals surface area contributed by atoms with Crippen LogP contribution < -0.4 is 10.6 Å². The molecule has 2 N–H and O–H groups in total. The van der Waals surface area contributed by atoms with Gasteiger partial charge in [-0.05, 0) is 42.3 Å². The minimum atomic E-state index is -0.147. The highest BCUT2D eigenvalue weighted by Crippen LogP contribution is 2.12. The molecule has 21 heavy (non-hydrogen) atoms. The molecule has 2 aromatic rings. The molecule has 0 saturated carbocycles. The third-order valence-corrected chi connectivity index (χ3v) is 3.03. The average Bonchev–Trinajstić information content (AvgIpc) is 2.45. The maximum absolute atomic E-state index is 12.1. The third-order valence-electron chi connectivity index (χ3n) is 3.03. The Morgan fingerprint density at radius 1 is 1.05 bits per heavy atom. The Kier molecular flexibility index (Phi) is 4.72. The first-order valence-corrected chi connectivity index (χ1v) is 6.76. The Labute approximate surface area is 124 Å². The standard InChI is InChI=1S/C17H18N2O2/c1-12-4-3-5-16(10-12)19-17(21)15-8-6-14(7-9-15)11-18-13(2)20/h3-10H,11H2,1-2H3,(H,18,20)(H,19,21). The van der Waals surface area contributed by atoms with Gasteiger partial charge in [-0.3, -0.25) is 9.59 Å². The Hall–Kier alpha value is -2.62. The summed E-state index contributed by atoms with van der Waals surface area (Å²) in [5, 5.41) is 5.58. The van der Waals surface area contributed by atoms with Crippen molar-refractivity contribution in [3.63, 3.8) is 0 Å². The Bertz CT molecular complexity index is 648. The average molecular weight is 282 g/mol. The summed E-state index contributed by atoms with van der Waals surface area (Å²) in [5.74, 6) is -0.219. The fourth-order valence-electron chi connectivity index (χ4n) is 1.93. The van der Waals surface area contributed by atoms with E-state index in [0.717, 1.165) is 16.8 Å². The van der Waals surface area contributed by atoms with E-state index >= 15 is 0 Å². The number of benzene rings is 2. The van der Waals surface area contributed by atoms with Crippen LogP contribution >= 0.6 is 0 Å². The zero-order valence-electron chi connectivity index (χ0n) is 12.1. The summed E-state index contributed by atoms with van der Waals surface area (Å²) in [6.45, 7) is 3.92. The summed E-state index contributed by atoms with van der Waals surface area (Å²) < 4.78 is 0. The fourth-order valence-corrected chi connectivity index (χ4v) is 1.93. The molecular formula is C17H18N2O2. The summed E-state index contributed by atoms with van der Waals surface area (Å²) in [6, 6.07) is 14.8. The van der Waals surface area contributed by atoms with E-state index in [2.05, 4.69) is 10.6 Å². The first-order chi connectivity index (χ1) is 10.0. The minimum absolute atomic E-state index is 0.0729. The monoisotopic (exact) mass is 282 g/mol. The van der Waals surface area contributed by atoms with Crippen molar-refractivity contribution in [2.45, 2.75) is 20.4 Å². The highest BCUT2D eigenvalue weighted by Gasteiger charge is 2.06. The molecule has 0 bridgehead atoms. The van der Waals surface area contributed by atoms with Gasteiger partial charge in [0.15, 0.2) is 0 Å². The summed E-state index contributed by atoms with van der Waals surface area (Å²) in [7, 11) is 0. The van der Waals surface area contributed by atoms with Gasteiger partial charge in [0, 0.05) is 24.7 Å². The van der Waals surface area contributed by atoms with Gasteiger partial charge in [-0.1, -0.05) is 24.3 Å². The lowest BCUT2D eigenvalue weighted by molar-refractivity contribution is -0.119. The lowest BCUT2D eigenvalue weighted by atomic mass is 10.1. The summed E-state index contributed by atoms with van der Waals surface area (Å²) in [6.07, 6.45) is 0. The predicted octanol–water partition coefficient (Wildman–Crippen LogP) is 2.88. The van der Waals surface area contributed by atoms with E-state index in [-0.39, 0.29) is 11.8 Å².